The lowest BCUT2D eigenvalue weighted by molar-refractivity contribution is 0.597. The molecule has 1 aromatic heterocycles. The monoisotopic (exact) mass is 283 g/mol. The van der Waals surface area contributed by atoms with Crippen LogP contribution in [0.2, 0.25) is 0 Å². The van der Waals surface area contributed by atoms with Gasteiger partial charge in [-0.2, -0.15) is 0 Å². The van der Waals surface area contributed by atoms with Gasteiger partial charge in [-0.1, -0.05) is 18.2 Å². The van der Waals surface area contributed by atoms with Gasteiger partial charge >= 0.3 is 0 Å². The van der Waals surface area contributed by atoms with E-state index in [0.29, 0.717) is 18.7 Å². The maximum atomic E-state index is 13.9. The highest BCUT2D eigenvalue weighted by molar-refractivity contribution is 5.78. The lowest BCUT2D eigenvalue weighted by atomic mass is 10.1. The number of rotatable bonds is 3. The van der Waals surface area contributed by atoms with Crippen LogP contribution in [0.1, 0.15) is 22.5 Å². The van der Waals surface area contributed by atoms with Gasteiger partial charge in [-0.15, -0.1) is 0 Å². The number of benzene rings is 2. The lowest BCUT2D eigenvalue weighted by Crippen LogP contribution is -2.10. The number of imidazole rings is 1. The highest BCUT2D eigenvalue weighted by Crippen LogP contribution is 2.22. The van der Waals surface area contributed by atoms with Crippen molar-refractivity contribution in [1.29, 1.82) is 0 Å². The molecule has 3 rings (SSSR count). The Balaban J connectivity index is 2.16. The highest BCUT2D eigenvalue weighted by Gasteiger charge is 2.12. The van der Waals surface area contributed by atoms with Crippen LogP contribution >= 0.6 is 0 Å². The molecule has 0 atom stereocenters. The molecule has 0 unspecified atom stereocenters. The van der Waals surface area contributed by atoms with Crippen molar-refractivity contribution < 1.29 is 4.39 Å². The first kappa shape index (κ1) is 13.8. The van der Waals surface area contributed by atoms with E-state index in [1.54, 1.807) is 12.1 Å². The second-order valence-electron chi connectivity index (χ2n) is 5.33. The molecule has 2 N–H and O–H groups in total. The number of aryl methyl sites for hydroxylation is 2. The third-order valence-electron chi connectivity index (χ3n) is 3.91. The summed E-state index contributed by atoms with van der Waals surface area (Å²) < 4.78 is 15.9. The SMILES string of the molecule is Cc1cc2nc(CN)n(Cc3ccccc3F)c2cc1C. The fourth-order valence-corrected chi connectivity index (χ4v) is 2.56. The molecule has 2 aromatic carbocycles. The molecular weight excluding hydrogens is 265 g/mol. The van der Waals surface area contributed by atoms with Gasteiger partial charge in [0.15, 0.2) is 0 Å². The van der Waals surface area contributed by atoms with Gasteiger partial charge in [0.25, 0.3) is 0 Å². The van der Waals surface area contributed by atoms with Crippen LogP contribution in [0, 0.1) is 19.7 Å². The molecule has 0 spiro atoms. The minimum absolute atomic E-state index is 0.203. The van der Waals surface area contributed by atoms with E-state index in [9.17, 15) is 4.39 Å². The Morgan fingerprint density at radius 3 is 2.57 bits per heavy atom. The number of fused-ring (bicyclic) bond motifs is 1. The van der Waals surface area contributed by atoms with Gasteiger partial charge in [-0.05, 0) is 43.2 Å². The van der Waals surface area contributed by atoms with Crippen LogP contribution < -0.4 is 5.73 Å². The Labute approximate surface area is 123 Å². The zero-order chi connectivity index (χ0) is 15.0. The van der Waals surface area contributed by atoms with Crippen LogP contribution in [0.25, 0.3) is 11.0 Å². The fraction of sp³-hybridized carbons (Fsp3) is 0.235. The van der Waals surface area contributed by atoms with Crippen molar-refractivity contribution in [3.05, 3.63) is 64.7 Å². The molecule has 3 nitrogen and oxygen atoms in total. The Bertz CT molecular complexity index is 805. The van der Waals surface area contributed by atoms with Gasteiger partial charge in [0.1, 0.15) is 11.6 Å². The summed E-state index contributed by atoms with van der Waals surface area (Å²) in [7, 11) is 0. The Kier molecular flexibility index (Phi) is 3.47. The topological polar surface area (TPSA) is 43.8 Å². The number of aromatic nitrogens is 2. The molecule has 0 radical (unpaired) electrons. The Morgan fingerprint density at radius 1 is 1.14 bits per heavy atom. The maximum Gasteiger partial charge on any atom is 0.128 e. The summed E-state index contributed by atoms with van der Waals surface area (Å²) in [5.74, 6) is 0.574. The van der Waals surface area contributed by atoms with Crippen LogP contribution in [0.3, 0.4) is 0 Å². The summed E-state index contributed by atoms with van der Waals surface area (Å²) in [6, 6.07) is 11.0. The van der Waals surface area contributed by atoms with Gasteiger partial charge in [0.05, 0.1) is 24.1 Å². The molecule has 108 valence electrons. The van der Waals surface area contributed by atoms with E-state index in [1.807, 2.05) is 10.6 Å². The third kappa shape index (κ3) is 2.43. The highest BCUT2D eigenvalue weighted by atomic mass is 19.1. The minimum atomic E-state index is -0.203. The second-order valence-corrected chi connectivity index (χ2v) is 5.33. The van der Waals surface area contributed by atoms with E-state index in [4.69, 9.17) is 5.73 Å². The molecule has 1 heterocycles. The van der Waals surface area contributed by atoms with Crippen molar-refractivity contribution >= 4 is 11.0 Å². The molecule has 0 saturated carbocycles. The van der Waals surface area contributed by atoms with Crippen molar-refractivity contribution in [2.75, 3.05) is 0 Å². The lowest BCUT2D eigenvalue weighted by Gasteiger charge is -2.10. The smallest absolute Gasteiger partial charge is 0.128 e. The van der Waals surface area contributed by atoms with Crippen molar-refractivity contribution in [1.82, 2.24) is 9.55 Å². The quantitative estimate of drug-likeness (QED) is 0.801. The first-order chi connectivity index (χ1) is 10.1. The molecule has 0 saturated heterocycles. The predicted octanol–water partition coefficient (Wildman–Crippen LogP) is 3.30. The second kappa shape index (κ2) is 5.30. The summed E-state index contributed by atoms with van der Waals surface area (Å²) in [6.07, 6.45) is 0. The van der Waals surface area contributed by atoms with Crippen LogP contribution in [0.15, 0.2) is 36.4 Å². The fourth-order valence-electron chi connectivity index (χ4n) is 2.56. The van der Waals surface area contributed by atoms with E-state index < -0.39 is 0 Å². The zero-order valence-corrected chi connectivity index (χ0v) is 12.2. The van der Waals surface area contributed by atoms with Crippen LogP contribution in [0.4, 0.5) is 4.39 Å². The van der Waals surface area contributed by atoms with Crippen molar-refractivity contribution in [2.45, 2.75) is 26.9 Å². The van der Waals surface area contributed by atoms with Crippen LogP contribution in [0.5, 0.6) is 0 Å². The molecule has 3 aromatic rings. The number of nitrogens with two attached hydrogens (primary N) is 1. The summed E-state index contributed by atoms with van der Waals surface area (Å²) in [4.78, 5) is 4.57. The number of hydrogen-bond acceptors (Lipinski definition) is 2. The number of hydrogen-bond donors (Lipinski definition) is 1. The average molecular weight is 283 g/mol. The van der Waals surface area contributed by atoms with E-state index in [-0.39, 0.29) is 5.82 Å². The minimum Gasteiger partial charge on any atom is -0.324 e. The normalized spacial score (nSPS) is 11.2. The molecule has 0 aliphatic carbocycles. The summed E-state index contributed by atoms with van der Waals surface area (Å²) in [6.45, 7) is 4.91. The Morgan fingerprint density at radius 2 is 1.86 bits per heavy atom. The van der Waals surface area contributed by atoms with E-state index in [0.717, 1.165) is 16.9 Å². The summed E-state index contributed by atoms with van der Waals surface area (Å²) >= 11 is 0. The van der Waals surface area contributed by atoms with Gasteiger partial charge in [-0.3, -0.25) is 0 Å². The molecule has 21 heavy (non-hydrogen) atoms. The predicted molar refractivity (Wildman–Crippen MR) is 82.6 cm³/mol. The maximum absolute atomic E-state index is 13.9. The molecule has 0 amide bonds. The molecule has 0 fully saturated rings. The van der Waals surface area contributed by atoms with E-state index in [1.165, 1.54) is 17.2 Å². The Hall–Kier alpha value is -2.20. The standard InChI is InChI=1S/C17H18FN3/c1-11-7-15-16(8-12(11)2)21(17(9-19)20-15)10-13-5-3-4-6-14(13)18/h3-8H,9-10,19H2,1-2H3. The molecule has 0 bridgehead atoms. The largest absolute Gasteiger partial charge is 0.324 e. The van der Waals surface area contributed by atoms with Crippen molar-refractivity contribution in [3.63, 3.8) is 0 Å². The number of nitrogens with zero attached hydrogens (tertiary/aromatic N) is 2. The molecule has 0 aliphatic heterocycles. The van der Waals surface area contributed by atoms with Crippen LogP contribution in [-0.4, -0.2) is 9.55 Å². The average Bonchev–Trinajstić information content (AvgIpc) is 2.79. The van der Waals surface area contributed by atoms with Gasteiger partial charge in [0, 0.05) is 5.56 Å². The summed E-state index contributed by atoms with van der Waals surface area (Å²) in [5.41, 5.74) is 10.8. The number of halogens is 1. The van der Waals surface area contributed by atoms with Crippen molar-refractivity contribution in [2.24, 2.45) is 5.73 Å². The first-order valence-corrected chi connectivity index (χ1v) is 7.00. The van der Waals surface area contributed by atoms with Gasteiger partial charge < -0.3 is 10.3 Å². The molecular formula is C17H18FN3. The zero-order valence-electron chi connectivity index (χ0n) is 12.2. The van der Waals surface area contributed by atoms with E-state index in [2.05, 4.69) is 31.0 Å². The van der Waals surface area contributed by atoms with Gasteiger partial charge in [-0.25, -0.2) is 9.37 Å². The van der Waals surface area contributed by atoms with Gasteiger partial charge in [0.2, 0.25) is 0 Å². The van der Waals surface area contributed by atoms with Crippen molar-refractivity contribution in [3.8, 4) is 0 Å². The summed E-state index contributed by atoms with van der Waals surface area (Å²) in [5, 5.41) is 0. The molecule has 0 aliphatic rings. The van der Waals surface area contributed by atoms with Crippen LogP contribution in [-0.2, 0) is 13.1 Å². The third-order valence-corrected chi connectivity index (χ3v) is 3.91. The molecule has 4 heteroatoms. The van der Waals surface area contributed by atoms with E-state index >= 15 is 0 Å². The first-order valence-electron chi connectivity index (χ1n) is 7.00.